The third kappa shape index (κ3) is 2.12. The third-order valence-electron chi connectivity index (χ3n) is 2.37. The second kappa shape index (κ2) is 4.18. The van der Waals surface area contributed by atoms with Crippen LogP contribution in [0.4, 0.5) is 5.69 Å². The van der Waals surface area contributed by atoms with Crippen LogP contribution in [0.5, 0.6) is 0 Å². The number of fused-ring (bicyclic) bond motifs is 1. The first-order valence-corrected chi connectivity index (χ1v) is 5.01. The number of hydrogen-bond donors (Lipinski definition) is 2. The number of nitrogens with one attached hydrogen (secondary N) is 1. The monoisotopic (exact) mass is 226 g/mol. The predicted molar refractivity (Wildman–Crippen MR) is 57.6 cm³/mol. The van der Waals surface area contributed by atoms with Gasteiger partial charge in [0.25, 0.3) is 0 Å². The zero-order valence-corrected chi connectivity index (χ0v) is 8.80. The van der Waals surface area contributed by atoms with Crippen molar-refractivity contribution in [3.05, 3.63) is 28.3 Å². The van der Waals surface area contributed by atoms with Gasteiger partial charge in [-0.15, -0.1) is 0 Å². The average molecular weight is 227 g/mol. The van der Waals surface area contributed by atoms with Crippen LogP contribution >= 0.6 is 11.6 Å². The van der Waals surface area contributed by atoms with Gasteiger partial charge in [-0.2, -0.15) is 0 Å². The maximum absolute atomic E-state index is 11.2. The standard InChI is InChI=1S/C10H11ClN2O2/c11-8-3-6(1-2-15-12)10-7(4-8)5-9(14)13-10/h3-4H,1-2,5,12H2,(H,13,14). The Balaban J connectivity index is 2.34. The van der Waals surface area contributed by atoms with Crippen molar-refractivity contribution in [1.29, 1.82) is 0 Å². The Bertz CT molecular complexity index is 407. The summed E-state index contributed by atoms with van der Waals surface area (Å²) < 4.78 is 0. The SMILES string of the molecule is NOCCc1cc(Cl)cc2c1NC(=O)C2. The Labute approximate surface area is 92.3 Å². The molecule has 80 valence electrons. The van der Waals surface area contributed by atoms with Gasteiger partial charge in [-0.3, -0.25) is 4.79 Å². The molecule has 0 aromatic heterocycles. The summed E-state index contributed by atoms with van der Waals surface area (Å²) in [5, 5.41) is 3.44. The summed E-state index contributed by atoms with van der Waals surface area (Å²) in [6, 6.07) is 3.63. The predicted octanol–water partition coefficient (Wildman–Crippen LogP) is 1.27. The highest BCUT2D eigenvalue weighted by atomic mass is 35.5. The summed E-state index contributed by atoms with van der Waals surface area (Å²) in [7, 11) is 0. The molecule has 15 heavy (non-hydrogen) atoms. The summed E-state index contributed by atoms with van der Waals surface area (Å²) in [5.41, 5.74) is 2.77. The van der Waals surface area contributed by atoms with E-state index in [4.69, 9.17) is 17.5 Å². The maximum atomic E-state index is 11.2. The van der Waals surface area contributed by atoms with Gasteiger partial charge in [0.2, 0.25) is 5.91 Å². The molecule has 4 nitrogen and oxygen atoms in total. The van der Waals surface area contributed by atoms with Crippen LogP contribution in [0.15, 0.2) is 12.1 Å². The molecule has 1 amide bonds. The highest BCUT2D eigenvalue weighted by Crippen LogP contribution is 2.31. The molecule has 5 heteroatoms. The first-order chi connectivity index (χ1) is 7.20. The van der Waals surface area contributed by atoms with Crippen LogP contribution in [-0.2, 0) is 22.5 Å². The summed E-state index contributed by atoms with van der Waals surface area (Å²) >= 11 is 5.94. The number of benzene rings is 1. The number of nitrogens with two attached hydrogens (primary N) is 1. The van der Waals surface area contributed by atoms with Crippen LogP contribution < -0.4 is 11.2 Å². The summed E-state index contributed by atoms with van der Waals surface area (Å²) in [6.07, 6.45) is 1.03. The van der Waals surface area contributed by atoms with Crippen LogP contribution in [0.25, 0.3) is 0 Å². The molecule has 1 heterocycles. The second-order valence-corrected chi connectivity index (χ2v) is 3.88. The van der Waals surface area contributed by atoms with E-state index >= 15 is 0 Å². The highest BCUT2D eigenvalue weighted by Gasteiger charge is 2.21. The molecule has 0 bridgehead atoms. The topological polar surface area (TPSA) is 64.3 Å². The molecule has 0 saturated heterocycles. The summed E-state index contributed by atoms with van der Waals surface area (Å²) in [6.45, 7) is 0.405. The van der Waals surface area contributed by atoms with Crippen molar-refractivity contribution in [3.8, 4) is 0 Å². The third-order valence-corrected chi connectivity index (χ3v) is 2.59. The van der Waals surface area contributed by atoms with Crippen molar-refractivity contribution >= 4 is 23.2 Å². The molecule has 0 radical (unpaired) electrons. The molecule has 0 fully saturated rings. The minimum atomic E-state index is 0.00202. The van der Waals surface area contributed by atoms with E-state index in [-0.39, 0.29) is 5.91 Å². The van der Waals surface area contributed by atoms with Gasteiger partial charge in [0, 0.05) is 10.7 Å². The fourth-order valence-corrected chi connectivity index (χ4v) is 2.01. The minimum absolute atomic E-state index is 0.00202. The van der Waals surface area contributed by atoms with E-state index in [0.29, 0.717) is 24.5 Å². The molecule has 2 rings (SSSR count). The smallest absolute Gasteiger partial charge is 0.228 e. The number of anilines is 1. The Morgan fingerprint density at radius 2 is 2.33 bits per heavy atom. The zero-order chi connectivity index (χ0) is 10.8. The molecule has 0 spiro atoms. The summed E-state index contributed by atoms with van der Waals surface area (Å²) in [5.74, 6) is 4.97. The molecule has 1 aliphatic heterocycles. The quantitative estimate of drug-likeness (QED) is 0.763. The van der Waals surface area contributed by atoms with Crippen LogP contribution in [0, 0.1) is 0 Å². The van der Waals surface area contributed by atoms with Crippen molar-refractivity contribution in [2.24, 2.45) is 5.90 Å². The molecule has 1 aromatic carbocycles. The molecule has 3 N–H and O–H groups in total. The van der Waals surface area contributed by atoms with E-state index in [1.165, 1.54) is 0 Å². The number of rotatable bonds is 3. The van der Waals surface area contributed by atoms with Crippen molar-refractivity contribution in [2.45, 2.75) is 12.8 Å². The normalized spacial score (nSPS) is 13.9. The first-order valence-electron chi connectivity index (χ1n) is 4.63. The fourth-order valence-electron chi connectivity index (χ4n) is 1.75. The largest absolute Gasteiger partial charge is 0.325 e. The number of carbonyl (C=O) groups is 1. The zero-order valence-electron chi connectivity index (χ0n) is 8.05. The van der Waals surface area contributed by atoms with Gasteiger partial charge in [-0.05, 0) is 29.7 Å². The van der Waals surface area contributed by atoms with E-state index in [0.717, 1.165) is 16.8 Å². The van der Waals surface area contributed by atoms with E-state index < -0.39 is 0 Å². The van der Waals surface area contributed by atoms with Gasteiger partial charge in [-0.25, -0.2) is 5.90 Å². The van der Waals surface area contributed by atoms with Crippen molar-refractivity contribution in [1.82, 2.24) is 0 Å². The summed E-state index contributed by atoms with van der Waals surface area (Å²) in [4.78, 5) is 15.7. The van der Waals surface area contributed by atoms with E-state index in [1.807, 2.05) is 12.1 Å². The van der Waals surface area contributed by atoms with Gasteiger partial charge in [0.1, 0.15) is 0 Å². The highest BCUT2D eigenvalue weighted by molar-refractivity contribution is 6.31. The molecule has 0 atom stereocenters. The first kappa shape index (κ1) is 10.4. The molecular formula is C10H11ClN2O2. The Morgan fingerprint density at radius 3 is 3.07 bits per heavy atom. The fraction of sp³-hybridized carbons (Fsp3) is 0.300. The molecular weight excluding hydrogens is 216 g/mol. The number of halogens is 1. The van der Waals surface area contributed by atoms with Gasteiger partial charge in [0.05, 0.1) is 13.0 Å². The van der Waals surface area contributed by atoms with E-state index in [1.54, 1.807) is 0 Å². The van der Waals surface area contributed by atoms with Crippen LogP contribution in [0.3, 0.4) is 0 Å². The molecule has 0 unspecified atom stereocenters. The van der Waals surface area contributed by atoms with Crippen molar-refractivity contribution in [3.63, 3.8) is 0 Å². The lowest BCUT2D eigenvalue weighted by molar-refractivity contribution is -0.115. The second-order valence-electron chi connectivity index (χ2n) is 3.44. The van der Waals surface area contributed by atoms with Gasteiger partial charge in [0.15, 0.2) is 0 Å². The lowest BCUT2D eigenvalue weighted by Gasteiger charge is -2.08. The van der Waals surface area contributed by atoms with Crippen molar-refractivity contribution in [2.75, 3.05) is 11.9 Å². The lowest BCUT2D eigenvalue weighted by atomic mass is 10.1. The van der Waals surface area contributed by atoms with Gasteiger partial charge in [-0.1, -0.05) is 11.6 Å². The Kier molecular flexibility index (Phi) is 2.90. The molecule has 0 saturated carbocycles. The minimum Gasteiger partial charge on any atom is -0.325 e. The van der Waals surface area contributed by atoms with Crippen LogP contribution in [0.2, 0.25) is 5.02 Å². The van der Waals surface area contributed by atoms with E-state index in [2.05, 4.69) is 10.2 Å². The average Bonchev–Trinajstić information content (AvgIpc) is 2.54. The number of carbonyl (C=O) groups excluding carboxylic acids is 1. The number of hydrogen-bond acceptors (Lipinski definition) is 3. The van der Waals surface area contributed by atoms with Gasteiger partial charge >= 0.3 is 0 Å². The molecule has 0 aliphatic carbocycles. The van der Waals surface area contributed by atoms with Gasteiger partial charge < -0.3 is 10.2 Å². The molecule has 1 aliphatic rings. The molecule has 1 aromatic rings. The Morgan fingerprint density at radius 1 is 1.53 bits per heavy atom. The maximum Gasteiger partial charge on any atom is 0.228 e. The van der Waals surface area contributed by atoms with Crippen LogP contribution in [0.1, 0.15) is 11.1 Å². The van der Waals surface area contributed by atoms with E-state index in [9.17, 15) is 4.79 Å². The van der Waals surface area contributed by atoms with Crippen molar-refractivity contribution < 1.29 is 9.63 Å². The van der Waals surface area contributed by atoms with Crippen LogP contribution in [-0.4, -0.2) is 12.5 Å². The lowest BCUT2D eigenvalue weighted by Crippen LogP contribution is -2.07. The number of amides is 1. The Hall–Kier alpha value is -1.10.